The number of ether oxygens (including phenoxy) is 3. The number of sulfonamides is 1. The molecule has 0 saturated carbocycles. The Kier molecular flexibility index (Phi) is 8.45. The average molecular weight is 477 g/mol. The van der Waals surface area contributed by atoms with Gasteiger partial charge in [-0.2, -0.15) is 0 Å². The van der Waals surface area contributed by atoms with Gasteiger partial charge in [-0.3, -0.25) is 4.79 Å². The molecule has 0 aliphatic carbocycles. The molecule has 0 radical (unpaired) electrons. The molecule has 0 bridgehead atoms. The fraction of sp³-hybridized carbons (Fsp3) is 0.348. The molecular weight excluding hydrogens is 448 g/mol. The Labute approximate surface area is 193 Å². The molecule has 2 aromatic rings. The van der Waals surface area contributed by atoms with E-state index in [-0.39, 0.29) is 17.2 Å². The quantitative estimate of drug-likeness (QED) is 0.443. The summed E-state index contributed by atoms with van der Waals surface area (Å²) in [6.45, 7) is -0.0642. The standard InChI is InChI=1S/C23H28N2O7S/c1-30-17-8-6-16(7-9-17)14-24-23(27)13-19-10-11-21(22(15-26)32-19)25-33(28,29)20-5-3-4-18(12-20)31-2/h3-12,19,21-22,25-26H,13-15H2,1-2H3,(H,24,27)/t19-,21-,22-/m1/s1. The van der Waals surface area contributed by atoms with Gasteiger partial charge in [-0.05, 0) is 29.8 Å². The summed E-state index contributed by atoms with van der Waals surface area (Å²) in [4.78, 5) is 12.4. The van der Waals surface area contributed by atoms with E-state index in [2.05, 4.69) is 10.0 Å². The smallest absolute Gasteiger partial charge is 0.241 e. The van der Waals surface area contributed by atoms with E-state index in [0.717, 1.165) is 11.3 Å². The van der Waals surface area contributed by atoms with Crippen LogP contribution in [0.25, 0.3) is 0 Å². The SMILES string of the molecule is COc1ccc(CNC(=O)C[C@H]2C=C[C@@H](NS(=O)(=O)c3cccc(OC)c3)[C@@H](CO)O2)cc1. The lowest BCUT2D eigenvalue weighted by atomic mass is 10.1. The number of hydrogen-bond acceptors (Lipinski definition) is 7. The largest absolute Gasteiger partial charge is 0.497 e. The Morgan fingerprint density at radius 2 is 1.79 bits per heavy atom. The van der Waals surface area contributed by atoms with Gasteiger partial charge >= 0.3 is 0 Å². The predicted octanol–water partition coefficient (Wildman–Crippen LogP) is 1.37. The summed E-state index contributed by atoms with van der Waals surface area (Å²) < 4.78 is 44.0. The van der Waals surface area contributed by atoms with Crippen LogP contribution in [0, 0.1) is 0 Å². The van der Waals surface area contributed by atoms with Gasteiger partial charge in [-0.1, -0.05) is 30.4 Å². The van der Waals surface area contributed by atoms with Crippen molar-refractivity contribution in [2.75, 3.05) is 20.8 Å². The van der Waals surface area contributed by atoms with Crippen LogP contribution in [0.4, 0.5) is 0 Å². The summed E-state index contributed by atoms with van der Waals surface area (Å²) in [7, 11) is -0.845. The minimum atomic E-state index is -3.88. The fourth-order valence-corrected chi connectivity index (χ4v) is 4.58. The lowest BCUT2D eigenvalue weighted by molar-refractivity contribution is -0.125. The maximum atomic E-state index is 12.7. The molecule has 3 atom stereocenters. The Hall–Kier alpha value is -2.92. The molecule has 1 amide bonds. The molecule has 10 heteroatoms. The van der Waals surface area contributed by atoms with E-state index in [1.54, 1.807) is 31.4 Å². The van der Waals surface area contributed by atoms with Crippen LogP contribution in [-0.4, -0.2) is 58.5 Å². The summed E-state index contributed by atoms with van der Waals surface area (Å²) in [5.74, 6) is 0.915. The zero-order valence-corrected chi connectivity index (χ0v) is 19.2. The zero-order valence-electron chi connectivity index (χ0n) is 18.4. The van der Waals surface area contributed by atoms with Crippen LogP contribution in [0.2, 0.25) is 0 Å². The average Bonchev–Trinajstić information content (AvgIpc) is 2.83. The Bertz CT molecular complexity index is 1070. The number of hydrogen-bond donors (Lipinski definition) is 3. The van der Waals surface area contributed by atoms with Crippen molar-refractivity contribution >= 4 is 15.9 Å². The lowest BCUT2D eigenvalue weighted by Crippen LogP contribution is -2.49. The van der Waals surface area contributed by atoms with Crippen molar-refractivity contribution in [2.24, 2.45) is 0 Å². The highest BCUT2D eigenvalue weighted by Crippen LogP contribution is 2.21. The minimum absolute atomic E-state index is 0.0342. The molecule has 0 aromatic heterocycles. The van der Waals surface area contributed by atoms with Crippen molar-refractivity contribution in [3.05, 3.63) is 66.2 Å². The molecule has 0 saturated heterocycles. The van der Waals surface area contributed by atoms with E-state index in [1.807, 2.05) is 24.3 Å². The highest BCUT2D eigenvalue weighted by Gasteiger charge is 2.31. The van der Waals surface area contributed by atoms with E-state index >= 15 is 0 Å². The summed E-state index contributed by atoms with van der Waals surface area (Å²) in [6, 6.07) is 12.6. The van der Waals surface area contributed by atoms with E-state index in [0.29, 0.717) is 12.3 Å². The molecule has 0 spiro atoms. The maximum Gasteiger partial charge on any atom is 0.241 e. The molecule has 3 N–H and O–H groups in total. The van der Waals surface area contributed by atoms with E-state index in [4.69, 9.17) is 14.2 Å². The van der Waals surface area contributed by atoms with Crippen molar-refractivity contribution in [1.82, 2.24) is 10.0 Å². The summed E-state index contributed by atoms with van der Waals surface area (Å²) in [6.07, 6.45) is 1.84. The molecule has 1 heterocycles. The molecule has 3 rings (SSSR count). The van der Waals surface area contributed by atoms with Crippen molar-refractivity contribution in [3.63, 3.8) is 0 Å². The van der Waals surface area contributed by atoms with Crippen molar-refractivity contribution in [2.45, 2.75) is 36.1 Å². The van der Waals surface area contributed by atoms with Crippen LogP contribution in [-0.2, 0) is 26.1 Å². The monoisotopic (exact) mass is 476 g/mol. The zero-order chi connectivity index (χ0) is 23.8. The Morgan fingerprint density at radius 1 is 1.06 bits per heavy atom. The number of methoxy groups -OCH3 is 2. The Balaban J connectivity index is 1.57. The molecule has 1 aliphatic rings. The van der Waals surface area contributed by atoms with Crippen molar-refractivity contribution in [3.8, 4) is 11.5 Å². The van der Waals surface area contributed by atoms with Gasteiger partial charge in [0.25, 0.3) is 0 Å². The first-order valence-corrected chi connectivity index (χ1v) is 11.8. The molecule has 2 aromatic carbocycles. The van der Waals surface area contributed by atoms with Gasteiger partial charge in [0.1, 0.15) is 17.6 Å². The van der Waals surface area contributed by atoms with Crippen LogP contribution < -0.4 is 19.5 Å². The van der Waals surface area contributed by atoms with E-state index in [1.165, 1.54) is 19.2 Å². The second-order valence-electron chi connectivity index (χ2n) is 7.44. The normalized spacial score (nSPS) is 20.3. The number of carbonyl (C=O) groups excluding carboxylic acids is 1. The third-order valence-electron chi connectivity index (χ3n) is 5.14. The number of amides is 1. The van der Waals surface area contributed by atoms with Crippen LogP contribution in [0.5, 0.6) is 11.5 Å². The second-order valence-corrected chi connectivity index (χ2v) is 9.15. The predicted molar refractivity (Wildman–Crippen MR) is 121 cm³/mol. The van der Waals surface area contributed by atoms with Gasteiger partial charge < -0.3 is 24.6 Å². The molecular formula is C23H28N2O7S. The number of rotatable bonds is 10. The van der Waals surface area contributed by atoms with Crippen molar-refractivity contribution < 1.29 is 32.5 Å². The molecule has 0 unspecified atom stereocenters. The first-order valence-electron chi connectivity index (χ1n) is 10.3. The highest BCUT2D eigenvalue weighted by atomic mass is 32.2. The van der Waals surface area contributed by atoms with Gasteiger partial charge in [-0.25, -0.2) is 13.1 Å². The molecule has 178 valence electrons. The fourth-order valence-electron chi connectivity index (χ4n) is 3.32. The number of aliphatic hydroxyl groups is 1. The second kappa shape index (κ2) is 11.3. The molecule has 9 nitrogen and oxygen atoms in total. The van der Waals surface area contributed by atoms with Crippen LogP contribution in [0.15, 0.2) is 65.6 Å². The van der Waals surface area contributed by atoms with Crippen molar-refractivity contribution in [1.29, 1.82) is 0 Å². The number of nitrogens with one attached hydrogen (secondary N) is 2. The first kappa shape index (κ1) is 24.7. The number of aliphatic hydroxyl groups excluding tert-OH is 1. The molecule has 0 fully saturated rings. The van der Waals surface area contributed by atoms with Crippen LogP contribution >= 0.6 is 0 Å². The number of benzene rings is 2. The highest BCUT2D eigenvalue weighted by molar-refractivity contribution is 7.89. The van der Waals surface area contributed by atoms with Crippen LogP contribution in [0.3, 0.4) is 0 Å². The van der Waals surface area contributed by atoms with Gasteiger partial charge in [0.05, 0.1) is 44.3 Å². The van der Waals surface area contributed by atoms with E-state index < -0.39 is 34.9 Å². The molecule has 33 heavy (non-hydrogen) atoms. The molecule has 1 aliphatic heterocycles. The van der Waals surface area contributed by atoms with Gasteiger partial charge in [-0.15, -0.1) is 0 Å². The summed E-state index contributed by atoms with van der Waals surface area (Å²) >= 11 is 0. The summed E-state index contributed by atoms with van der Waals surface area (Å²) in [5, 5.41) is 12.6. The van der Waals surface area contributed by atoms with Crippen LogP contribution in [0.1, 0.15) is 12.0 Å². The minimum Gasteiger partial charge on any atom is -0.497 e. The third-order valence-corrected chi connectivity index (χ3v) is 6.60. The topological polar surface area (TPSA) is 123 Å². The maximum absolute atomic E-state index is 12.7. The lowest BCUT2D eigenvalue weighted by Gasteiger charge is -2.31. The Morgan fingerprint density at radius 3 is 2.45 bits per heavy atom. The van der Waals surface area contributed by atoms with E-state index in [9.17, 15) is 18.3 Å². The van der Waals surface area contributed by atoms with Gasteiger partial charge in [0.15, 0.2) is 0 Å². The third kappa shape index (κ3) is 6.78. The number of carbonyl (C=O) groups is 1. The first-order chi connectivity index (χ1) is 15.8. The van der Waals surface area contributed by atoms with Gasteiger partial charge in [0.2, 0.25) is 15.9 Å². The summed E-state index contributed by atoms with van der Waals surface area (Å²) in [5.41, 5.74) is 0.921. The van der Waals surface area contributed by atoms with Gasteiger partial charge in [0, 0.05) is 12.6 Å².